The second-order valence-corrected chi connectivity index (χ2v) is 12.6. The number of imide groups is 2. The van der Waals surface area contributed by atoms with Crippen molar-refractivity contribution >= 4 is 45.9 Å². The minimum atomic E-state index is -0.959. The molecule has 1 aromatic heterocycles. The van der Waals surface area contributed by atoms with Crippen LogP contribution in [0.15, 0.2) is 36.4 Å². The van der Waals surface area contributed by atoms with Gasteiger partial charge in [0.05, 0.1) is 34.1 Å². The molecule has 1 atom stereocenters. The topological polar surface area (TPSA) is 129 Å². The Morgan fingerprint density at radius 2 is 1.72 bits per heavy atom. The number of rotatable bonds is 7. The van der Waals surface area contributed by atoms with Crippen LogP contribution in [0.1, 0.15) is 76.9 Å². The van der Waals surface area contributed by atoms with Crippen LogP contribution in [0.5, 0.6) is 0 Å². The highest BCUT2D eigenvalue weighted by Gasteiger charge is 2.45. The molecule has 3 N–H and O–H groups in total. The van der Waals surface area contributed by atoms with Gasteiger partial charge in [-0.3, -0.25) is 34.1 Å². The van der Waals surface area contributed by atoms with Crippen molar-refractivity contribution in [2.45, 2.75) is 56.5 Å². The molecule has 8 rings (SSSR count). The van der Waals surface area contributed by atoms with Gasteiger partial charge in [0, 0.05) is 56.1 Å². The summed E-state index contributed by atoms with van der Waals surface area (Å²) in [4.78, 5) is 53.6. The van der Waals surface area contributed by atoms with E-state index in [-0.39, 0.29) is 18.7 Å². The Kier molecular flexibility index (Phi) is 6.25. The van der Waals surface area contributed by atoms with E-state index in [0.717, 1.165) is 56.2 Å². The van der Waals surface area contributed by atoms with E-state index in [1.807, 2.05) is 6.07 Å². The summed E-state index contributed by atoms with van der Waals surface area (Å²) in [6.45, 7) is 4.75. The van der Waals surface area contributed by atoms with Crippen LogP contribution >= 0.6 is 0 Å². The lowest BCUT2D eigenvalue weighted by Crippen LogP contribution is -2.54. The average Bonchev–Trinajstić information content (AvgIpc) is 3.73. The molecule has 4 heterocycles. The maximum atomic E-state index is 13.2. The number of carbonyl (C=O) groups excluding carboxylic acids is 4. The van der Waals surface area contributed by atoms with E-state index in [2.05, 4.69) is 43.7 Å². The molecule has 11 heteroatoms. The summed E-state index contributed by atoms with van der Waals surface area (Å²) >= 11 is 0. The van der Waals surface area contributed by atoms with Crippen LogP contribution in [0.3, 0.4) is 0 Å². The van der Waals surface area contributed by atoms with Gasteiger partial charge >= 0.3 is 0 Å². The molecule has 11 nitrogen and oxygen atoms in total. The van der Waals surface area contributed by atoms with Crippen LogP contribution < -0.4 is 20.9 Å². The van der Waals surface area contributed by atoms with E-state index in [0.29, 0.717) is 29.0 Å². The smallest absolute Gasteiger partial charge is 0.262 e. The summed E-state index contributed by atoms with van der Waals surface area (Å²) in [5.41, 5.74) is 5.20. The summed E-state index contributed by atoms with van der Waals surface area (Å²) in [6, 6.07) is 11.3. The predicted octanol–water partition coefficient (Wildman–Crippen LogP) is 2.79. The van der Waals surface area contributed by atoms with Crippen molar-refractivity contribution in [3.63, 3.8) is 0 Å². The number of hydrogen-bond acceptors (Lipinski definition) is 8. The maximum Gasteiger partial charge on any atom is 0.262 e. The molecule has 5 aliphatic rings. The number of amides is 4. The zero-order chi connectivity index (χ0) is 29.2. The van der Waals surface area contributed by atoms with Crippen LogP contribution in [-0.4, -0.2) is 77.1 Å². The summed E-state index contributed by atoms with van der Waals surface area (Å²) in [5.74, 6) is -0.908. The Morgan fingerprint density at radius 1 is 0.930 bits per heavy atom. The van der Waals surface area contributed by atoms with Crippen LogP contribution in [0.4, 0.5) is 11.4 Å². The van der Waals surface area contributed by atoms with Gasteiger partial charge < -0.3 is 15.5 Å². The maximum absolute atomic E-state index is 13.2. The number of piperazine rings is 1. The molecule has 2 saturated carbocycles. The van der Waals surface area contributed by atoms with Gasteiger partial charge in [-0.25, -0.2) is 0 Å². The number of benzene rings is 2. The number of nitrogens with one attached hydrogen (secondary N) is 3. The summed E-state index contributed by atoms with van der Waals surface area (Å²) in [6.07, 6.45) is 4.74. The molecule has 4 amide bonds. The zero-order valence-corrected chi connectivity index (χ0v) is 24.0. The van der Waals surface area contributed by atoms with Crippen molar-refractivity contribution in [2.75, 3.05) is 42.9 Å². The number of aromatic nitrogens is 2. The lowest BCUT2D eigenvalue weighted by Gasteiger charge is -2.37. The fourth-order valence-corrected chi connectivity index (χ4v) is 7.19. The SMILES string of the molecule is O=C1CCC(N2C(=O)c3ccc(NCC4CC(n5nc(C6CC6)c6cccc(N7CCNCC7)c65)C4)cc3C2=O)C(=O)N1. The van der Waals surface area contributed by atoms with Gasteiger partial charge in [-0.2, -0.15) is 5.10 Å². The third-order valence-corrected chi connectivity index (χ3v) is 9.75. The van der Waals surface area contributed by atoms with Crippen molar-refractivity contribution in [1.29, 1.82) is 0 Å². The lowest BCUT2D eigenvalue weighted by atomic mass is 9.80. The van der Waals surface area contributed by atoms with Crippen LogP contribution in [-0.2, 0) is 9.59 Å². The van der Waals surface area contributed by atoms with Crippen molar-refractivity contribution < 1.29 is 19.2 Å². The molecular formula is C32H35N7O4. The lowest BCUT2D eigenvalue weighted by molar-refractivity contribution is -0.136. The van der Waals surface area contributed by atoms with Gasteiger partial charge in [-0.15, -0.1) is 0 Å². The quantitative estimate of drug-likeness (QED) is 0.364. The number of piperidine rings is 1. The monoisotopic (exact) mass is 581 g/mol. The molecule has 222 valence electrons. The highest BCUT2D eigenvalue weighted by Crippen LogP contribution is 2.47. The molecule has 3 aromatic rings. The summed E-state index contributed by atoms with van der Waals surface area (Å²) in [5, 5.41) is 15.7. The van der Waals surface area contributed by atoms with Gasteiger partial charge in [-0.05, 0) is 62.3 Å². The third kappa shape index (κ3) is 4.48. The first-order valence-corrected chi connectivity index (χ1v) is 15.5. The van der Waals surface area contributed by atoms with Crippen LogP contribution in [0.2, 0.25) is 0 Å². The van der Waals surface area contributed by atoms with E-state index in [9.17, 15) is 19.2 Å². The van der Waals surface area contributed by atoms with Gasteiger partial charge in [0.1, 0.15) is 6.04 Å². The Bertz CT molecular complexity index is 1670. The summed E-state index contributed by atoms with van der Waals surface area (Å²) < 4.78 is 2.32. The third-order valence-electron chi connectivity index (χ3n) is 9.75. The molecule has 43 heavy (non-hydrogen) atoms. The highest BCUT2D eigenvalue weighted by atomic mass is 16.2. The minimum absolute atomic E-state index is 0.103. The summed E-state index contributed by atoms with van der Waals surface area (Å²) in [7, 11) is 0. The van der Waals surface area contributed by atoms with Gasteiger partial charge in [0.25, 0.3) is 11.8 Å². The Balaban J connectivity index is 0.956. The molecule has 3 aliphatic heterocycles. The number of hydrogen-bond donors (Lipinski definition) is 3. The molecule has 2 aliphatic carbocycles. The predicted molar refractivity (Wildman–Crippen MR) is 160 cm³/mol. The van der Waals surface area contributed by atoms with E-state index in [1.165, 1.54) is 35.1 Å². The van der Waals surface area contributed by atoms with E-state index in [4.69, 9.17) is 5.10 Å². The zero-order valence-electron chi connectivity index (χ0n) is 24.0. The molecule has 0 bridgehead atoms. The van der Waals surface area contributed by atoms with Crippen molar-refractivity contribution in [3.05, 3.63) is 53.2 Å². The minimum Gasteiger partial charge on any atom is -0.385 e. The average molecular weight is 582 g/mol. The number of para-hydroxylation sites is 1. The standard InChI is InChI=1S/C32H35N7O4/c40-27-9-8-26(30(41)35-27)38-31(42)22-7-6-20(16-24(22)32(38)43)34-17-18-14-21(15-18)39-29-23(28(36-39)19-4-5-19)2-1-3-25(29)37-12-10-33-11-13-37/h1-3,6-7,16,18-19,21,26,33-34H,4-5,8-15,17H2,(H,35,40,41). The molecular weight excluding hydrogens is 546 g/mol. The fraction of sp³-hybridized carbons (Fsp3) is 0.469. The first kappa shape index (κ1) is 26.4. The van der Waals surface area contributed by atoms with Gasteiger partial charge in [-0.1, -0.05) is 12.1 Å². The Hall–Kier alpha value is -4.25. The molecule has 0 spiro atoms. The van der Waals surface area contributed by atoms with Gasteiger partial charge in [0.2, 0.25) is 11.8 Å². The number of anilines is 2. The molecule has 1 unspecified atom stereocenters. The first-order chi connectivity index (χ1) is 21.0. The van der Waals surface area contributed by atoms with Crippen LogP contribution in [0.25, 0.3) is 10.9 Å². The van der Waals surface area contributed by atoms with Crippen molar-refractivity contribution in [1.82, 2.24) is 25.3 Å². The van der Waals surface area contributed by atoms with E-state index >= 15 is 0 Å². The van der Waals surface area contributed by atoms with Crippen molar-refractivity contribution in [3.8, 4) is 0 Å². The normalized spacial score (nSPS) is 25.6. The molecule has 2 saturated heterocycles. The number of carbonyl (C=O) groups is 4. The highest BCUT2D eigenvalue weighted by molar-refractivity contribution is 6.23. The number of fused-ring (bicyclic) bond motifs is 2. The van der Waals surface area contributed by atoms with Gasteiger partial charge in [0.15, 0.2) is 0 Å². The van der Waals surface area contributed by atoms with Crippen LogP contribution in [0, 0.1) is 5.92 Å². The first-order valence-electron chi connectivity index (χ1n) is 15.5. The second kappa shape index (κ2) is 10.2. The largest absolute Gasteiger partial charge is 0.385 e. The molecule has 2 aromatic carbocycles. The van der Waals surface area contributed by atoms with E-state index < -0.39 is 23.8 Å². The van der Waals surface area contributed by atoms with E-state index in [1.54, 1.807) is 12.1 Å². The fourth-order valence-electron chi connectivity index (χ4n) is 7.19. The Morgan fingerprint density at radius 3 is 2.49 bits per heavy atom. The Labute approximate surface area is 248 Å². The molecule has 0 radical (unpaired) electrons. The second-order valence-electron chi connectivity index (χ2n) is 12.6. The molecule has 4 fully saturated rings. The van der Waals surface area contributed by atoms with Crippen molar-refractivity contribution in [2.24, 2.45) is 5.92 Å². The number of nitrogens with zero attached hydrogens (tertiary/aromatic N) is 4.